The third-order valence-electron chi connectivity index (χ3n) is 1.54. The van der Waals surface area contributed by atoms with Crippen LogP contribution in [0.3, 0.4) is 0 Å². The van der Waals surface area contributed by atoms with Gasteiger partial charge in [0.15, 0.2) is 0 Å². The summed E-state index contributed by atoms with van der Waals surface area (Å²) in [6.45, 7) is 2.77. The highest BCUT2D eigenvalue weighted by Crippen LogP contribution is 1.75. The number of carbonyl (C=O) groups is 2. The van der Waals surface area contributed by atoms with E-state index in [9.17, 15) is 9.59 Å². The van der Waals surface area contributed by atoms with Gasteiger partial charge < -0.3 is 21.5 Å². The van der Waals surface area contributed by atoms with Gasteiger partial charge in [0.1, 0.15) is 6.04 Å². The van der Waals surface area contributed by atoms with Crippen molar-refractivity contribution in [1.82, 2.24) is 10.6 Å². The van der Waals surface area contributed by atoms with Gasteiger partial charge in [-0.25, -0.2) is 0 Å². The van der Waals surface area contributed by atoms with Crippen LogP contribution >= 0.6 is 0 Å². The molecule has 82 valence electrons. The molecule has 0 aliphatic heterocycles. The molecule has 0 radical (unpaired) electrons. The molecule has 0 aromatic heterocycles. The van der Waals surface area contributed by atoms with Crippen molar-refractivity contribution in [3.63, 3.8) is 0 Å². The van der Waals surface area contributed by atoms with E-state index in [0.29, 0.717) is 6.54 Å². The average molecular weight is 203 g/mol. The van der Waals surface area contributed by atoms with Gasteiger partial charge in [-0.15, -0.1) is 0 Å². The third-order valence-corrected chi connectivity index (χ3v) is 1.54. The second kappa shape index (κ2) is 7.28. The van der Waals surface area contributed by atoms with Crippen LogP contribution in [0.2, 0.25) is 0 Å². The molecule has 0 aliphatic carbocycles. The van der Waals surface area contributed by atoms with Crippen LogP contribution in [0.15, 0.2) is 0 Å². The van der Waals surface area contributed by atoms with Gasteiger partial charge >= 0.3 is 5.97 Å². The molecule has 6 heteroatoms. The van der Waals surface area contributed by atoms with Crippen LogP contribution in [0, 0.1) is 0 Å². The fraction of sp³-hybridized carbons (Fsp3) is 0.750. The molecule has 0 aromatic rings. The summed E-state index contributed by atoms with van der Waals surface area (Å²) in [5.41, 5.74) is 5.21. The summed E-state index contributed by atoms with van der Waals surface area (Å²) in [6.07, 6.45) is 0.875. The first-order valence-electron chi connectivity index (χ1n) is 4.53. The zero-order valence-corrected chi connectivity index (χ0v) is 8.25. The monoisotopic (exact) mass is 203 g/mol. The van der Waals surface area contributed by atoms with E-state index in [1.165, 1.54) is 0 Å². The van der Waals surface area contributed by atoms with Crippen molar-refractivity contribution in [2.45, 2.75) is 19.4 Å². The van der Waals surface area contributed by atoms with E-state index in [2.05, 4.69) is 10.6 Å². The maximum atomic E-state index is 11.0. The molecule has 0 heterocycles. The van der Waals surface area contributed by atoms with Crippen LogP contribution < -0.4 is 16.4 Å². The van der Waals surface area contributed by atoms with E-state index in [4.69, 9.17) is 10.8 Å². The van der Waals surface area contributed by atoms with Gasteiger partial charge in [0, 0.05) is 13.1 Å². The van der Waals surface area contributed by atoms with Gasteiger partial charge in [-0.2, -0.15) is 0 Å². The minimum absolute atomic E-state index is 0.0921. The highest BCUT2D eigenvalue weighted by atomic mass is 16.4. The lowest BCUT2D eigenvalue weighted by Gasteiger charge is -2.08. The normalized spacial score (nSPS) is 12.1. The minimum Gasteiger partial charge on any atom is -0.480 e. The van der Waals surface area contributed by atoms with E-state index in [1.807, 2.05) is 6.92 Å². The first kappa shape index (κ1) is 12.9. The van der Waals surface area contributed by atoms with Gasteiger partial charge in [-0.05, 0) is 6.42 Å². The topological polar surface area (TPSA) is 104 Å². The number of rotatable bonds is 7. The van der Waals surface area contributed by atoms with E-state index >= 15 is 0 Å². The molecule has 0 rings (SSSR count). The summed E-state index contributed by atoms with van der Waals surface area (Å²) in [6, 6.07) is -0.964. The number of hydrogen-bond donors (Lipinski definition) is 4. The smallest absolute Gasteiger partial charge is 0.321 e. The Labute approximate surface area is 82.9 Å². The lowest BCUT2D eigenvalue weighted by Crippen LogP contribution is -2.43. The fourth-order valence-corrected chi connectivity index (χ4v) is 0.755. The van der Waals surface area contributed by atoms with Crippen molar-refractivity contribution < 1.29 is 14.7 Å². The quantitative estimate of drug-likeness (QED) is 0.403. The maximum Gasteiger partial charge on any atom is 0.321 e. The maximum absolute atomic E-state index is 11.0. The summed E-state index contributed by atoms with van der Waals surface area (Å²) in [7, 11) is 0. The van der Waals surface area contributed by atoms with Crippen molar-refractivity contribution in [2.75, 3.05) is 19.6 Å². The first-order chi connectivity index (χ1) is 6.57. The molecular formula is C8H17N3O3. The molecule has 1 atom stereocenters. The number of carboxylic acids is 1. The van der Waals surface area contributed by atoms with Crippen molar-refractivity contribution in [1.29, 1.82) is 0 Å². The van der Waals surface area contributed by atoms with Gasteiger partial charge in [-0.1, -0.05) is 6.92 Å². The highest BCUT2D eigenvalue weighted by Gasteiger charge is 2.10. The van der Waals surface area contributed by atoms with E-state index in [-0.39, 0.29) is 19.0 Å². The number of nitrogens with two attached hydrogens (primary N) is 1. The molecular weight excluding hydrogens is 186 g/mol. The Morgan fingerprint density at radius 2 is 2.14 bits per heavy atom. The molecule has 0 bridgehead atoms. The Morgan fingerprint density at radius 3 is 2.64 bits per heavy atom. The van der Waals surface area contributed by atoms with Crippen molar-refractivity contribution in [3.8, 4) is 0 Å². The molecule has 5 N–H and O–H groups in total. The van der Waals surface area contributed by atoms with Crippen molar-refractivity contribution in [3.05, 3.63) is 0 Å². The van der Waals surface area contributed by atoms with Crippen LogP contribution in [-0.2, 0) is 9.59 Å². The number of aliphatic carboxylic acids is 1. The zero-order valence-electron chi connectivity index (χ0n) is 8.25. The standard InChI is InChI=1S/C8H17N3O3/c1-2-3-11-7(12)5-10-4-6(9)8(13)14/h6,10H,2-5,9H2,1H3,(H,11,12)(H,13,14). The van der Waals surface area contributed by atoms with Gasteiger partial charge in [0.25, 0.3) is 0 Å². The highest BCUT2D eigenvalue weighted by molar-refractivity contribution is 5.78. The molecule has 0 aromatic carbocycles. The fourth-order valence-electron chi connectivity index (χ4n) is 0.755. The SMILES string of the molecule is CCCNC(=O)CNCC(N)C(=O)O. The van der Waals surface area contributed by atoms with Crippen LogP contribution in [0.5, 0.6) is 0 Å². The zero-order chi connectivity index (χ0) is 11.0. The van der Waals surface area contributed by atoms with Crippen molar-refractivity contribution >= 4 is 11.9 Å². The average Bonchev–Trinajstić information content (AvgIpc) is 2.14. The third kappa shape index (κ3) is 6.38. The summed E-state index contributed by atoms with van der Waals surface area (Å²) in [5, 5.41) is 13.7. The lowest BCUT2D eigenvalue weighted by atomic mass is 10.3. The molecule has 0 saturated heterocycles. The molecule has 6 nitrogen and oxygen atoms in total. The first-order valence-corrected chi connectivity index (χ1v) is 4.53. The summed E-state index contributed by atoms with van der Waals surface area (Å²) < 4.78 is 0. The molecule has 14 heavy (non-hydrogen) atoms. The predicted molar refractivity (Wildman–Crippen MR) is 51.8 cm³/mol. The summed E-state index contributed by atoms with van der Waals surface area (Å²) >= 11 is 0. The Kier molecular flexibility index (Phi) is 6.69. The predicted octanol–water partition coefficient (Wildman–Crippen LogP) is -1.49. The van der Waals surface area contributed by atoms with Crippen LogP contribution in [0.4, 0.5) is 0 Å². The van der Waals surface area contributed by atoms with E-state index < -0.39 is 12.0 Å². The van der Waals surface area contributed by atoms with Gasteiger partial charge in [0.2, 0.25) is 5.91 Å². The lowest BCUT2D eigenvalue weighted by molar-refractivity contribution is -0.138. The van der Waals surface area contributed by atoms with Gasteiger partial charge in [-0.3, -0.25) is 9.59 Å². The number of amides is 1. The Hall–Kier alpha value is -1.14. The molecule has 1 unspecified atom stereocenters. The minimum atomic E-state index is -1.08. The van der Waals surface area contributed by atoms with Gasteiger partial charge in [0.05, 0.1) is 6.54 Å². The molecule has 1 amide bonds. The molecule has 0 aliphatic rings. The van der Waals surface area contributed by atoms with Crippen molar-refractivity contribution in [2.24, 2.45) is 5.73 Å². The van der Waals surface area contributed by atoms with Crippen LogP contribution in [0.1, 0.15) is 13.3 Å². The summed E-state index contributed by atoms with van der Waals surface area (Å²) in [5.74, 6) is -1.23. The molecule has 0 saturated carbocycles. The number of carbonyl (C=O) groups excluding carboxylic acids is 1. The number of hydrogen-bond acceptors (Lipinski definition) is 4. The Morgan fingerprint density at radius 1 is 1.50 bits per heavy atom. The number of carboxylic acid groups (broad SMARTS) is 1. The molecule has 0 spiro atoms. The van der Waals surface area contributed by atoms with E-state index in [1.54, 1.807) is 0 Å². The second-order valence-corrected chi connectivity index (χ2v) is 2.93. The molecule has 0 fully saturated rings. The van der Waals surface area contributed by atoms with E-state index in [0.717, 1.165) is 6.42 Å². The second-order valence-electron chi connectivity index (χ2n) is 2.93. The largest absolute Gasteiger partial charge is 0.480 e. The number of nitrogens with one attached hydrogen (secondary N) is 2. The Balaban J connectivity index is 3.44. The Bertz CT molecular complexity index is 196. The summed E-state index contributed by atoms with van der Waals surface area (Å²) in [4.78, 5) is 21.3. The van der Waals surface area contributed by atoms with Crippen LogP contribution in [-0.4, -0.2) is 42.7 Å². The van der Waals surface area contributed by atoms with Crippen LogP contribution in [0.25, 0.3) is 0 Å².